The van der Waals surface area contributed by atoms with Crippen molar-refractivity contribution in [3.63, 3.8) is 0 Å². The van der Waals surface area contributed by atoms with Gasteiger partial charge in [-0.05, 0) is 48.7 Å². The minimum atomic E-state index is -0.580. The number of piperidine rings is 1. The highest BCUT2D eigenvalue weighted by molar-refractivity contribution is 6.05. The fraction of sp³-hybridized carbons (Fsp3) is 0.458. The molecule has 8 heteroatoms. The van der Waals surface area contributed by atoms with E-state index in [1.807, 2.05) is 12.1 Å². The Kier molecular flexibility index (Phi) is 4.48. The maximum atomic E-state index is 13.2. The number of fused-ring (bicyclic) bond motifs is 3. The number of rotatable bonds is 3. The van der Waals surface area contributed by atoms with Crippen LogP contribution >= 0.6 is 0 Å². The highest BCUT2D eigenvalue weighted by Crippen LogP contribution is 2.40. The molecule has 6 rings (SSSR count). The van der Waals surface area contributed by atoms with Gasteiger partial charge < -0.3 is 14.8 Å². The Morgan fingerprint density at radius 1 is 1.09 bits per heavy atom. The van der Waals surface area contributed by atoms with Gasteiger partial charge in [0.2, 0.25) is 11.8 Å². The molecule has 1 aromatic heterocycles. The molecule has 0 saturated carbocycles. The third-order valence-electron chi connectivity index (χ3n) is 7.70. The molecule has 2 atom stereocenters. The van der Waals surface area contributed by atoms with Gasteiger partial charge in [0.25, 0.3) is 5.91 Å². The van der Waals surface area contributed by atoms with E-state index in [-0.39, 0.29) is 29.7 Å². The zero-order valence-electron chi connectivity index (χ0n) is 18.0. The van der Waals surface area contributed by atoms with Crippen LogP contribution in [0.4, 0.5) is 0 Å². The van der Waals surface area contributed by atoms with E-state index in [9.17, 15) is 14.4 Å². The fourth-order valence-corrected chi connectivity index (χ4v) is 6.04. The first-order chi connectivity index (χ1) is 15.6. The SMILES string of the molecule is O=C1CCC(N2Cc3c(CN4CCn5cccc5C45CCNC5)cccc3C2=O)C(=O)N1. The van der Waals surface area contributed by atoms with Crippen LogP contribution < -0.4 is 10.6 Å². The topological polar surface area (TPSA) is 86.7 Å². The minimum absolute atomic E-state index is 0.0314. The van der Waals surface area contributed by atoms with Gasteiger partial charge in [-0.15, -0.1) is 0 Å². The first kappa shape index (κ1) is 19.7. The van der Waals surface area contributed by atoms with Crippen LogP contribution in [0.1, 0.15) is 46.4 Å². The van der Waals surface area contributed by atoms with Gasteiger partial charge in [0.1, 0.15) is 6.04 Å². The summed E-state index contributed by atoms with van der Waals surface area (Å²) in [4.78, 5) is 41.4. The van der Waals surface area contributed by atoms with Gasteiger partial charge >= 0.3 is 0 Å². The monoisotopic (exact) mass is 433 g/mol. The number of carbonyl (C=O) groups is 3. The predicted octanol–water partition coefficient (Wildman–Crippen LogP) is 0.953. The number of hydrogen-bond acceptors (Lipinski definition) is 5. The van der Waals surface area contributed by atoms with Crippen LogP contribution in [0.3, 0.4) is 0 Å². The summed E-state index contributed by atoms with van der Waals surface area (Å²) in [6, 6.07) is 9.72. The summed E-state index contributed by atoms with van der Waals surface area (Å²) < 4.78 is 2.37. The Morgan fingerprint density at radius 3 is 2.81 bits per heavy atom. The number of imide groups is 1. The highest BCUT2D eigenvalue weighted by atomic mass is 16.2. The summed E-state index contributed by atoms with van der Waals surface area (Å²) in [7, 11) is 0. The van der Waals surface area contributed by atoms with Crippen LogP contribution in [-0.2, 0) is 34.8 Å². The Labute approximate surface area is 186 Å². The molecule has 4 aliphatic rings. The third-order valence-corrected chi connectivity index (χ3v) is 7.70. The van der Waals surface area contributed by atoms with Gasteiger partial charge in [-0.3, -0.25) is 24.6 Å². The maximum Gasteiger partial charge on any atom is 0.255 e. The Hall–Kier alpha value is -2.97. The molecule has 2 aromatic rings. The lowest BCUT2D eigenvalue weighted by Crippen LogP contribution is -2.53. The van der Waals surface area contributed by atoms with E-state index in [1.165, 1.54) is 5.69 Å². The van der Waals surface area contributed by atoms with E-state index in [0.29, 0.717) is 18.5 Å². The molecule has 2 N–H and O–H groups in total. The predicted molar refractivity (Wildman–Crippen MR) is 116 cm³/mol. The normalized spacial score (nSPS) is 27.7. The number of amides is 3. The average molecular weight is 434 g/mol. The van der Waals surface area contributed by atoms with Crippen molar-refractivity contribution in [3.8, 4) is 0 Å². The molecule has 166 valence electrons. The van der Waals surface area contributed by atoms with Gasteiger partial charge in [-0.1, -0.05) is 12.1 Å². The lowest BCUT2D eigenvalue weighted by atomic mass is 9.88. The van der Waals surface area contributed by atoms with E-state index in [0.717, 1.165) is 50.3 Å². The van der Waals surface area contributed by atoms with Crippen LogP contribution in [0.25, 0.3) is 0 Å². The first-order valence-corrected chi connectivity index (χ1v) is 11.4. The average Bonchev–Trinajstić information content (AvgIpc) is 3.51. The summed E-state index contributed by atoms with van der Waals surface area (Å²) in [5.74, 6) is -0.737. The summed E-state index contributed by atoms with van der Waals surface area (Å²) in [5, 5.41) is 5.94. The van der Waals surface area contributed by atoms with Gasteiger partial charge in [0.15, 0.2) is 0 Å². The number of benzene rings is 1. The smallest absolute Gasteiger partial charge is 0.255 e. The van der Waals surface area contributed by atoms with E-state index in [4.69, 9.17) is 0 Å². The highest BCUT2D eigenvalue weighted by Gasteiger charge is 2.46. The maximum absolute atomic E-state index is 13.2. The van der Waals surface area contributed by atoms with Crippen LogP contribution in [0.5, 0.6) is 0 Å². The van der Waals surface area contributed by atoms with Gasteiger partial charge in [0, 0.05) is 56.6 Å². The quantitative estimate of drug-likeness (QED) is 0.704. The summed E-state index contributed by atoms with van der Waals surface area (Å²) in [6.07, 6.45) is 3.89. The molecule has 1 spiro atoms. The molecule has 0 bridgehead atoms. The molecule has 2 fully saturated rings. The Balaban J connectivity index is 1.30. The van der Waals surface area contributed by atoms with Crippen LogP contribution in [0, 0.1) is 0 Å². The fourth-order valence-electron chi connectivity index (χ4n) is 6.04. The third kappa shape index (κ3) is 2.86. The van der Waals surface area contributed by atoms with Crippen molar-refractivity contribution >= 4 is 17.7 Å². The van der Waals surface area contributed by atoms with Gasteiger partial charge in [0.05, 0.1) is 5.54 Å². The lowest BCUT2D eigenvalue weighted by molar-refractivity contribution is -0.136. The van der Waals surface area contributed by atoms with Crippen LogP contribution in [-0.4, -0.2) is 57.8 Å². The van der Waals surface area contributed by atoms with Crippen LogP contribution in [0.15, 0.2) is 36.5 Å². The standard InChI is InChI=1S/C24H27N5O3/c30-21-7-6-19(22(31)26-21)29-14-18-16(3-1-4-17(18)23(29)32)13-28-12-11-27-10-2-5-20(27)24(28)8-9-25-15-24/h1-5,10,19,25H,6-9,11-15H2,(H,26,30,31). The number of hydrogen-bond donors (Lipinski definition) is 2. The molecule has 4 aliphatic heterocycles. The molecule has 3 amide bonds. The van der Waals surface area contributed by atoms with Crippen molar-refractivity contribution in [2.45, 2.75) is 50.5 Å². The van der Waals surface area contributed by atoms with Crippen molar-refractivity contribution in [3.05, 3.63) is 58.9 Å². The molecule has 1 aromatic carbocycles. The number of nitrogens with one attached hydrogen (secondary N) is 2. The minimum Gasteiger partial charge on any atom is -0.348 e. The van der Waals surface area contributed by atoms with Crippen molar-refractivity contribution in [1.82, 2.24) is 25.0 Å². The summed E-state index contributed by atoms with van der Waals surface area (Å²) in [6.45, 7) is 5.03. The number of nitrogens with zero attached hydrogens (tertiary/aromatic N) is 3. The first-order valence-electron chi connectivity index (χ1n) is 11.4. The molecule has 2 saturated heterocycles. The van der Waals surface area contributed by atoms with E-state index >= 15 is 0 Å². The molecule has 0 aliphatic carbocycles. The van der Waals surface area contributed by atoms with Crippen molar-refractivity contribution < 1.29 is 14.4 Å². The largest absolute Gasteiger partial charge is 0.348 e. The second kappa shape index (κ2) is 7.28. The summed E-state index contributed by atoms with van der Waals surface area (Å²) >= 11 is 0. The Morgan fingerprint density at radius 2 is 2.00 bits per heavy atom. The van der Waals surface area contributed by atoms with E-state index in [2.05, 4.69) is 44.5 Å². The van der Waals surface area contributed by atoms with Gasteiger partial charge in [-0.2, -0.15) is 0 Å². The second-order valence-corrected chi connectivity index (χ2v) is 9.31. The summed E-state index contributed by atoms with van der Waals surface area (Å²) in [5.41, 5.74) is 4.19. The molecular formula is C24H27N5O3. The zero-order valence-corrected chi connectivity index (χ0v) is 18.0. The van der Waals surface area contributed by atoms with E-state index < -0.39 is 6.04 Å². The van der Waals surface area contributed by atoms with Crippen molar-refractivity contribution in [1.29, 1.82) is 0 Å². The number of aromatic nitrogens is 1. The van der Waals surface area contributed by atoms with Gasteiger partial charge in [-0.25, -0.2) is 0 Å². The Bertz CT molecular complexity index is 1120. The zero-order chi connectivity index (χ0) is 21.9. The molecular weight excluding hydrogens is 406 g/mol. The van der Waals surface area contributed by atoms with Crippen molar-refractivity contribution in [2.75, 3.05) is 19.6 Å². The van der Waals surface area contributed by atoms with Crippen molar-refractivity contribution in [2.24, 2.45) is 0 Å². The molecule has 32 heavy (non-hydrogen) atoms. The van der Waals surface area contributed by atoms with Crippen LogP contribution in [0.2, 0.25) is 0 Å². The lowest BCUT2D eigenvalue weighted by Gasteiger charge is -2.45. The molecule has 0 radical (unpaired) electrons. The second-order valence-electron chi connectivity index (χ2n) is 9.31. The molecule has 5 heterocycles. The molecule has 8 nitrogen and oxygen atoms in total. The molecule has 2 unspecified atom stereocenters. The van der Waals surface area contributed by atoms with E-state index in [1.54, 1.807) is 4.90 Å². The number of carbonyl (C=O) groups excluding carboxylic acids is 3.